The topological polar surface area (TPSA) is 256 Å². The average Bonchev–Trinajstić information content (AvgIpc) is 1.24. The first-order valence-corrected chi connectivity index (χ1v) is 36.5. The summed E-state index contributed by atoms with van der Waals surface area (Å²) >= 11 is 13.6. The van der Waals surface area contributed by atoms with Crippen molar-refractivity contribution in [3.05, 3.63) is 167 Å². The lowest BCUT2D eigenvalue weighted by atomic mass is 10.0. The minimum absolute atomic E-state index is 0.225. The first-order chi connectivity index (χ1) is 40.6. The molecule has 0 atom stereocenters. The van der Waals surface area contributed by atoms with Crippen LogP contribution in [0, 0.1) is 14.3 Å². The standard InChI is InChI=1S/C21H20N4O2S2.C18H18IN3O2S.C15H10ClIN2O2S.C4H5NS.C3H9N/c1-13(2)23-20-17-9-6-15(14-4-7-16(8-5-14)29(3,26)27)10-18(17)24-25-21(20)19-11-28-12-22-19;1-11(2)20-17-15-9-6-13(10-16(15)21-22-18(17)19)12-4-7-14(8-5-12)25(3,23)24;1-22(20,21)11-5-2-9(3-6-11)10-4-7-12-13(8-10)18-19-15(17)14(12)16;1-4-2-6-3-5-4;1-3(2)4/h4-13H,1-3H3,(H,23,24);4-11H,1-3H3,(H,20,21);2-8H,1H3;2-3H,1H3;3H,4H2,1-2H3. The van der Waals surface area contributed by atoms with Crippen molar-refractivity contribution in [3.63, 3.8) is 0 Å². The van der Waals surface area contributed by atoms with Crippen molar-refractivity contribution in [2.75, 3.05) is 29.4 Å². The summed E-state index contributed by atoms with van der Waals surface area (Å²) in [4.78, 5) is 9.24. The van der Waals surface area contributed by atoms with E-state index in [-0.39, 0.29) is 6.04 Å². The molecule has 0 aliphatic carbocycles. The summed E-state index contributed by atoms with van der Waals surface area (Å²) in [5, 5.41) is 39.9. The lowest BCUT2D eigenvalue weighted by molar-refractivity contribution is 0.600. The molecule has 5 aromatic heterocycles. The molecule has 4 N–H and O–H groups in total. The number of nitrogens with zero attached hydrogens (tertiary/aromatic N) is 8. The SMILES string of the molecule is CC(C)N.CC(C)Nc1c(-c2cscn2)nnc2cc(-c3ccc(S(C)(=O)=O)cc3)ccc12.CC(C)Nc1c(I)nnc2cc(-c3ccc(S(C)(=O)=O)cc3)ccc12.CS(=O)(=O)c1ccc(-c2ccc3c(Cl)c(I)nnc3c2)cc1.Cc1cscn1. The van der Waals surface area contributed by atoms with E-state index in [0.717, 1.165) is 92.7 Å². The molecular formula is C61H62ClI2N11O6S5. The van der Waals surface area contributed by atoms with Gasteiger partial charge in [-0.05, 0) is 186 Å². The lowest BCUT2D eigenvalue weighted by Gasteiger charge is -2.16. The van der Waals surface area contributed by atoms with Gasteiger partial charge in [0.05, 0.1) is 58.7 Å². The molecule has 0 radical (unpaired) electrons. The highest BCUT2D eigenvalue weighted by Crippen LogP contribution is 2.36. The summed E-state index contributed by atoms with van der Waals surface area (Å²) in [6.45, 7) is 14.2. The predicted octanol–water partition coefficient (Wildman–Crippen LogP) is 14.5. The Balaban J connectivity index is 0.000000171. The molecule has 0 saturated carbocycles. The lowest BCUT2D eigenvalue weighted by Crippen LogP contribution is -2.12. The Labute approximate surface area is 542 Å². The number of nitrogens with one attached hydrogen (secondary N) is 2. The largest absolute Gasteiger partial charge is 0.380 e. The number of nitrogens with two attached hydrogens (primary N) is 1. The van der Waals surface area contributed by atoms with Crippen LogP contribution in [0.4, 0.5) is 11.4 Å². The van der Waals surface area contributed by atoms with E-state index in [1.807, 2.05) is 138 Å². The number of fused-ring (bicyclic) bond motifs is 3. The van der Waals surface area contributed by atoms with Gasteiger partial charge in [0.25, 0.3) is 0 Å². The number of halogens is 3. The Morgan fingerprint density at radius 1 is 0.465 bits per heavy atom. The fraction of sp³-hybridized carbons (Fsp3) is 0.213. The molecule has 448 valence electrons. The number of benzene rings is 6. The van der Waals surface area contributed by atoms with Crippen LogP contribution < -0.4 is 16.4 Å². The van der Waals surface area contributed by atoms with Crippen LogP contribution in [0.3, 0.4) is 0 Å². The van der Waals surface area contributed by atoms with Crippen LogP contribution in [0.15, 0.2) is 164 Å². The molecule has 0 aliphatic rings. The van der Waals surface area contributed by atoms with E-state index >= 15 is 0 Å². The monoisotopic (exact) mass is 1490 g/mol. The highest BCUT2D eigenvalue weighted by molar-refractivity contribution is 14.1. The second-order valence-corrected chi connectivity index (χ2v) is 30.4. The number of aromatic nitrogens is 8. The maximum Gasteiger partial charge on any atom is 0.175 e. The van der Waals surface area contributed by atoms with E-state index in [4.69, 9.17) is 17.3 Å². The highest BCUT2D eigenvalue weighted by atomic mass is 127. The van der Waals surface area contributed by atoms with Crippen molar-refractivity contribution in [2.24, 2.45) is 5.73 Å². The van der Waals surface area contributed by atoms with E-state index in [9.17, 15) is 25.3 Å². The van der Waals surface area contributed by atoms with Crippen LogP contribution in [0.5, 0.6) is 0 Å². The molecule has 86 heavy (non-hydrogen) atoms. The van der Waals surface area contributed by atoms with Gasteiger partial charge in [0.15, 0.2) is 29.5 Å². The van der Waals surface area contributed by atoms with Gasteiger partial charge in [0.2, 0.25) is 0 Å². The van der Waals surface area contributed by atoms with Crippen LogP contribution >= 0.6 is 79.5 Å². The first-order valence-electron chi connectivity index (χ1n) is 26.4. The van der Waals surface area contributed by atoms with Crippen LogP contribution in [0.2, 0.25) is 5.02 Å². The van der Waals surface area contributed by atoms with Gasteiger partial charge in [0.1, 0.15) is 18.8 Å². The van der Waals surface area contributed by atoms with Crippen molar-refractivity contribution >= 4 is 153 Å². The van der Waals surface area contributed by atoms with Gasteiger partial charge in [-0.1, -0.05) is 86.1 Å². The Kier molecular flexibility index (Phi) is 23.2. The summed E-state index contributed by atoms with van der Waals surface area (Å²) in [6, 6.07) is 39.1. The molecule has 25 heteroatoms. The Bertz CT molecular complexity index is 4470. The van der Waals surface area contributed by atoms with Gasteiger partial charge < -0.3 is 16.4 Å². The van der Waals surface area contributed by atoms with Crippen molar-refractivity contribution in [2.45, 2.75) is 81.3 Å². The third-order valence-corrected chi connectivity index (χ3v) is 19.0. The fourth-order valence-electron chi connectivity index (χ4n) is 8.11. The third-order valence-electron chi connectivity index (χ3n) is 12.1. The van der Waals surface area contributed by atoms with E-state index in [0.29, 0.717) is 41.0 Å². The second kappa shape index (κ2) is 29.6. The molecule has 0 unspecified atom stereocenters. The third kappa shape index (κ3) is 18.4. The summed E-state index contributed by atoms with van der Waals surface area (Å²) in [5.41, 5.74) is 21.1. The molecule has 11 rings (SSSR count). The van der Waals surface area contributed by atoms with Crippen molar-refractivity contribution in [3.8, 4) is 44.8 Å². The van der Waals surface area contributed by atoms with Gasteiger partial charge in [-0.3, -0.25) is 4.98 Å². The molecular weight excluding hydrogens is 1430 g/mol. The molecule has 5 heterocycles. The Morgan fingerprint density at radius 3 is 1.17 bits per heavy atom. The molecule has 0 spiro atoms. The van der Waals surface area contributed by atoms with Crippen molar-refractivity contribution in [1.82, 2.24) is 40.6 Å². The van der Waals surface area contributed by atoms with Crippen molar-refractivity contribution in [1.29, 1.82) is 0 Å². The van der Waals surface area contributed by atoms with E-state index < -0.39 is 29.5 Å². The Morgan fingerprint density at radius 2 is 0.814 bits per heavy atom. The number of aryl methyl sites for hydroxylation is 1. The molecule has 6 aromatic carbocycles. The number of sulfone groups is 3. The van der Waals surface area contributed by atoms with Crippen molar-refractivity contribution < 1.29 is 25.3 Å². The average molecular weight is 1490 g/mol. The number of thiazole rings is 2. The number of hydrogen-bond donors (Lipinski definition) is 3. The van der Waals surface area contributed by atoms with Gasteiger partial charge in [-0.2, -0.15) is 0 Å². The number of hydrogen-bond acceptors (Lipinski definition) is 19. The maximum atomic E-state index is 11.7. The summed E-state index contributed by atoms with van der Waals surface area (Å²) in [6.07, 6.45) is 3.60. The quantitative estimate of drug-likeness (QED) is 0.102. The zero-order valence-electron chi connectivity index (χ0n) is 48.4. The minimum atomic E-state index is -3.22. The zero-order valence-corrected chi connectivity index (χ0v) is 57.6. The minimum Gasteiger partial charge on any atom is -0.380 e. The van der Waals surface area contributed by atoms with Crippen LogP contribution in [0.25, 0.3) is 77.5 Å². The molecule has 0 saturated heterocycles. The van der Waals surface area contributed by atoms with E-state index in [1.165, 1.54) is 30.1 Å². The molecule has 0 amide bonds. The van der Waals surface area contributed by atoms with Crippen LogP contribution in [-0.2, 0) is 29.5 Å². The van der Waals surface area contributed by atoms with E-state index in [2.05, 4.69) is 101 Å². The number of rotatable bonds is 11. The fourth-order valence-corrected chi connectivity index (χ4v) is 12.2. The zero-order chi connectivity index (χ0) is 62.7. The van der Waals surface area contributed by atoms with Gasteiger partial charge >= 0.3 is 0 Å². The maximum absolute atomic E-state index is 11.7. The summed E-state index contributed by atoms with van der Waals surface area (Å²) in [5.74, 6) is 0. The summed E-state index contributed by atoms with van der Waals surface area (Å²) in [7, 11) is -9.59. The molecule has 0 aliphatic heterocycles. The van der Waals surface area contributed by atoms with Crippen LogP contribution in [-0.4, -0.2) is 103 Å². The molecule has 11 aromatic rings. The second-order valence-electron chi connectivity index (χ2n) is 20.5. The van der Waals surface area contributed by atoms with Gasteiger partial charge in [0, 0.05) is 63.5 Å². The predicted molar refractivity (Wildman–Crippen MR) is 369 cm³/mol. The smallest absolute Gasteiger partial charge is 0.175 e. The van der Waals surface area contributed by atoms with Gasteiger partial charge in [-0.15, -0.1) is 53.3 Å². The molecule has 17 nitrogen and oxygen atoms in total. The normalized spacial score (nSPS) is 11.5. The van der Waals surface area contributed by atoms with Gasteiger partial charge in [-0.25, -0.2) is 30.2 Å². The summed E-state index contributed by atoms with van der Waals surface area (Å²) < 4.78 is 71.0. The highest BCUT2D eigenvalue weighted by Gasteiger charge is 2.18. The van der Waals surface area contributed by atoms with Crippen LogP contribution in [0.1, 0.15) is 47.2 Å². The first kappa shape index (κ1) is 67.3. The van der Waals surface area contributed by atoms with E-state index in [1.54, 1.807) is 65.4 Å². The molecule has 0 bridgehead atoms. The number of anilines is 2. The Hall–Kier alpha value is -6.24. The molecule has 0 fully saturated rings.